The minimum Gasteiger partial charge on any atom is -0.406 e. The van der Waals surface area contributed by atoms with E-state index in [1.807, 2.05) is 24.3 Å². The third-order valence-electron chi connectivity index (χ3n) is 6.05. The lowest BCUT2D eigenvalue weighted by molar-refractivity contribution is -0.274. The van der Waals surface area contributed by atoms with E-state index in [1.54, 1.807) is 4.90 Å². The molecule has 2 aromatic rings. The Balaban J connectivity index is 1.31. The highest BCUT2D eigenvalue weighted by Gasteiger charge is 2.54. The molecule has 32 heavy (non-hydrogen) atoms. The van der Waals surface area contributed by atoms with Crippen molar-refractivity contribution in [2.45, 2.75) is 50.3 Å². The van der Waals surface area contributed by atoms with Crippen LogP contribution in [-0.2, 0) is 16.1 Å². The Hall–Kier alpha value is -2.45. The minimum atomic E-state index is -4.81. The van der Waals surface area contributed by atoms with E-state index < -0.39 is 17.7 Å². The molecule has 5 rings (SSSR count). The lowest BCUT2D eigenvalue weighted by Crippen LogP contribution is -2.49. The molecule has 0 N–H and O–H groups in total. The Morgan fingerprint density at radius 3 is 2.47 bits per heavy atom. The fourth-order valence-corrected chi connectivity index (χ4v) is 4.51. The van der Waals surface area contributed by atoms with Gasteiger partial charge in [0, 0.05) is 24.2 Å². The highest BCUT2D eigenvalue weighted by atomic mass is 35.5. The van der Waals surface area contributed by atoms with Crippen LogP contribution in [0.1, 0.15) is 31.2 Å². The predicted molar refractivity (Wildman–Crippen MR) is 114 cm³/mol. The molecule has 1 heterocycles. The highest BCUT2D eigenvalue weighted by molar-refractivity contribution is 6.30. The van der Waals surface area contributed by atoms with Crippen molar-refractivity contribution in [2.75, 3.05) is 22.9 Å². The Labute approximate surface area is 188 Å². The van der Waals surface area contributed by atoms with Crippen LogP contribution in [0, 0.1) is 0 Å². The van der Waals surface area contributed by atoms with Gasteiger partial charge in [-0.2, -0.15) is 0 Å². The van der Waals surface area contributed by atoms with E-state index in [-0.39, 0.29) is 17.5 Å². The molecule has 1 aliphatic heterocycles. The molecular weight excluding hydrogens is 445 g/mol. The van der Waals surface area contributed by atoms with Crippen LogP contribution in [0.15, 0.2) is 42.5 Å². The maximum atomic E-state index is 13.5. The molecule has 2 saturated carbocycles. The molecule has 5 nitrogen and oxygen atoms in total. The lowest BCUT2D eigenvalue weighted by atomic mass is 10.1. The molecule has 2 aliphatic carbocycles. The Morgan fingerprint density at radius 1 is 1.09 bits per heavy atom. The first-order valence-electron chi connectivity index (χ1n) is 10.6. The highest BCUT2D eigenvalue weighted by Crippen LogP contribution is 2.46. The van der Waals surface area contributed by atoms with Crippen LogP contribution in [0.5, 0.6) is 5.75 Å². The molecule has 2 fully saturated rings. The zero-order valence-corrected chi connectivity index (χ0v) is 18.0. The Morgan fingerprint density at radius 2 is 1.81 bits per heavy atom. The number of alkyl halides is 3. The number of hydrogen-bond donors (Lipinski definition) is 0. The number of nitrogens with zero attached hydrogens (tertiary/aromatic N) is 2. The maximum Gasteiger partial charge on any atom is 0.573 e. The van der Waals surface area contributed by atoms with Gasteiger partial charge in [-0.1, -0.05) is 23.7 Å². The number of halogens is 4. The number of fused-ring (bicyclic) bond motifs is 1. The van der Waals surface area contributed by atoms with Crippen LogP contribution in [-0.4, -0.2) is 37.0 Å². The molecular formula is C23H22ClF3N2O3. The number of carbonyl (C=O) groups is 1. The zero-order valence-electron chi connectivity index (χ0n) is 17.2. The van der Waals surface area contributed by atoms with E-state index in [9.17, 15) is 18.0 Å². The van der Waals surface area contributed by atoms with Crippen LogP contribution < -0.4 is 14.5 Å². The Bertz CT molecular complexity index is 1040. The Kier molecular flexibility index (Phi) is 5.25. The normalized spacial score (nSPS) is 19.5. The molecule has 0 spiro atoms. The molecule has 3 aliphatic rings. The minimum absolute atomic E-state index is 0.0375. The first-order chi connectivity index (χ1) is 15.2. The first-order valence-corrected chi connectivity index (χ1v) is 11.0. The summed E-state index contributed by atoms with van der Waals surface area (Å²) < 4.78 is 47.6. The molecule has 0 saturated heterocycles. The van der Waals surface area contributed by atoms with Crippen molar-refractivity contribution in [2.24, 2.45) is 0 Å². The second kappa shape index (κ2) is 7.85. The average Bonchev–Trinajstić information content (AvgIpc) is 3.65. The molecule has 0 radical (unpaired) electrons. The number of anilines is 2. The summed E-state index contributed by atoms with van der Waals surface area (Å²) in [6.07, 6.45) is -1.32. The van der Waals surface area contributed by atoms with E-state index in [4.69, 9.17) is 16.3 Å². The fraction of sp³-hybridized carbons (Fsp3) is 0.435. The van der Waals surface area contributed by atoms with Crippen molar-refractivity contribution >= 4 is 28.9 Å². The number of rotatable bonds is 6. The van der Waals surface area contributed by atoms with E-state index in [0.29, 0.717) is 31.0 Å². The smallest absolute Gasteiger partial charge is 0.406 e. The standard InChI is InChI=1S/C23H22ClF3N2O3/c24-16-11-15(12-18(13-16)32-23(25,26)27)14-31-22(7-8-22)21(30)29-10-9-28(17-5-6-17)19-3-1-2-4-20(19)29/h1-4,11-13,17H,5-10,14H2. The average molecular weight is 467 g/mol. The van der Waals surface area contributed by atoms with Crippen molar-refractivity contribution in [3.8, 4) is 5.75 Å². The summed E-state index contributed by atoms with van der Waals surface area (Å²) in [5.41, 5.74) is 1.40. The molecule has 1 amide bonds. The van der Waals surface area contributed by atoms with Crippen LogP contribution in [0.25, 0.3) is 0 Å². The summed E-state index contributed by atoms with van der Waals surface area (Å²) in [5.74, 6) is -0.515. The van der Waals surface area contributed by atoms with Gasteiger partial charge in [0.2, 0.25) is 0 Å². The molecule has 170 valence electrons. The summed E-state index contributed by atoms with van der Waals surface area (Å²) in [6.45, 7) is 1.32. The number of carbonyl (C=O) groups excluding carboxylic acids is 1. The van der Waals surface area contributed by atoms with E-state index in [2.05, 4.69) is 9.64 Å². The third kappa shape index (κ3) is 4.38. The molecule has 0 aromatic heterocycles. The van der Waals surface area contributed by atoms with Crippen molar-refractivity contribution < 1.29 is 27.4 Å². The van der Waals surface area contributed by atoms with Gasteiger partial charge >= 0.3 is 6.36 Å². The second-order valence-electron chi connectivity index (χ2n) is 8.50. The molecule has 0 atom stereocenters. The zero-order chi connectivity index (χ0) is 22.5. The summed E-state index contributed by atoms with van der Waals surface area (Å²) in [5, 5.41) is 0.103. The van der Waals surface area contributed by atoms with Gasteiger partial charge in [-0.3, -0.25) is 4.79 Å². The number of para-hydroxylation sites is 2. The van der Waals surface area contributed by atoms with Crippen molar-refractivity contribution in [3.05, 3.63) is 53.1 Å². The second-order valence-corrected chi connectivity index (χ2v) is 8.93. The van der Waals surface area contributed by atoms with E-state index >= 15 is 0 Å². The fourth-order valence-electron chi connectivity index (χ4n) is 4.26. The molecule has 0 unspecified atom stereocenters. The van der Waals surface area contributed by atoms with Crippen molar-refractivity contribution in [1.29, 1.82) is 0 Å². The van der Waals surface area contributed by atoms with Gasteiger partial charge < -0.3 is 19.3 Å². The van der Waals surface area contributed by atoms with Crippen LogP contribution >= 0.6 is 11.6 Å². The monoisotopic (exact) mass is 466 g/mol. The number of benzene rings is 2. The van der Waals surface area contributed by atoms with Gasteiger partial charge in [-0.05, 0) is 61.6 Å². The van der Waals surface area contributed by atoms with Crippen LogP contribution in [0.2, 0.25) is 5.02 Å². The summed E-state index contributed by atoms with van der Waals surface area (Å²) in [4.78, 5) is 17.6. The first kappa shape index (κ1) is 21.4. The third-order valence-corrected chi connectivity index (χ3v) is 6.27. The predicted octanol–water partition coefficient (Wildman–Crippen LogP) is 5.30. The van der Waals surface area contributed by atoms with Crippen LogP contribution in [0.4, 0.5) is 24.5 Å². The summed E-state index contributed by atoms with van der Waals surface area (Å²) in [7, 11) is 0. The summed E-state index contributed by atoms with van der Waals surface area (Å²) >= 11 is 5.95. The SMILES string of the molecule is O=C(N1CCN(C2CC2)c2ccccc21)C1(OCc2cc(Cl)cc(OC(F)(F)F)c2)CC1. The van der Waals surface area contributed by atoms with Gasteiger partial charge in [-0.15, -0.1) is 13.2 Å². The van der Waals surface area contributed by atoms with Crippen molar-refractivity contribution in [1.82, 2.24) is 0 Å². The maximum absolute atomic E-state index is 13.5. The number of amides is 1. The van der Waals surface area contributed by atoms with E-state index in [1.165, 1.54) is 25.0 Å². The largest absolute Gasteiger partial charge is 0.573 e. The quantitative estimate of drug-likeness (QED) is 0.579. The molecule has 0 bridgehead atoms. The van der Waals surface area contributed by atoms with Crippen molar-refractivity contribution in [3.63, 3.8) is 0 Å². The van der Waals surface area contributed by atoms with E-state index in [0.717, 1.165) is 24.0 Å². The van der Waals surface area contributed by atoms with Gasteiger partial charge in [0.05, 0.1) is 18.0 Å². The van der Waals surface area contributed by atoms with Gasteiger partial charge in [-0.25, -0.2) is 0 Å². The van der Waals surface area contributed by atoms with Gasteiger partial charge in [0.25, 0.3) is 5.91 Å². The van der Waals surface area contributed by atoms with Crippen LogP contribution in [0.3, 0.4) is 0 Å². The number of ether oxygens (including phenoxy) is 2. The summed E-state index contributed by atoms with van der Waals surface area (Å²) in [6, 6.07) is 12.3. The lowest BCUT2D eigenvalue weighted by Gasteiger charge is -2.39. The van der Waals surface area contributed by atoms with Gasteiger partial charge in [0.1, 0.15) is 11.4 Å². The molecule has 9 heteroatoms. The number of hydrogen-bond acceptors (Lipinski definition) is 4. The topological polar surface area (TPSA) is 42.0 Å². The molecule has 2 aromatic carbocycles. The van der Waals surface area contributed by atoms with Gasteiger partial charge in [0.15, 0.2) is 0 Å².